The van der Waals surface area contributed by atoms with Crippen LogP contribution < -0.4 is 15.4 Å². The Hall–Kier alpha value is -2.83. The predicted molar refractivity (Wildman–Crippen MR) is 88.5 cm³/mol. The molecule has 0 saturated carbocycles. The fourth-order valence-corrected chi connectivity index (χ4v) is 2.11. The second-order valence-corrected chi connectivity index (χ2v) is 5.25. The molecule has 0 atom stereocenters. The molecule has 24 heavy (non-hydrogen) atoms. The van der Waals surface area contributed by atoms with Gasteiger partial charge in [-0.15, -0.1) is 0 Å². The number of hydrogen-bond donors (Lipinski definition) is 2. The van der Waals surface area contributed by atoms with E-state index in [1.54, 1.807) is 7.11 Å². The first-order valence-electron chi connectivity index (χ1n) is 7.69. The lowest BCUT2D eigenvalue weighted by Gasteiger charge is -2.04. The van der Waals surface area contributed by atoms with E-state index in [4.69, 9.17) is 9.26 Å². The van der Waals surface area contributed by atoms with E-state index in [-0.39, 0.29) is 18.2 Å². The van der Waals surface area contributed by atoms with Crippen molar-refractivity contribution in [3.8, 4) is 17.1 Å². The number of rotatable bonds is 8. The quantitative estimate of drug-likeness (QED) is 0.765. The van der Waals surface area contributed by atoms with E-state index in [0.29, 0.717) is 25.3 Å². The van der Waals surface area contributed by atoms with E-state index in [1.165, 1.54) is 6.92 Å². The molecule has 2 aromatic rings. The fourth-order valence-electron chi connectivity index (χ4n) is 2.11. The van der Waals surface area contributed by atoms with E-state index in [2.05, 4.69) is 15.8 Å². The van der Waals surface area contributed by atoms with Crippen molar-refractivity contribution in [3.05, 3.63) is 36.0 Å². The van der Waals surface area contributed by atoms with Crippen LogP contribution in [0.5, 0.6) is 5.75 Å². The molecule has 0 bridgehead atoms. The van der Waals surface area contributed by atoms with E-state index in [9.17, 15) is 9.59 Å². The van der Waals surface area contributed by atoms with Gasteiger partial charge in [0, 0.05) is 44.5 Å². The summed E-state index contributed by atoms with van der Waals surface area (Å²) in [6.45, 7) is 2.22. The third-order valence-corrected chi connectivity index (χ3v) is 3.34. The molecule has 1 heterocycles. The molecule has 7 nitrogen and oxygen atoms in total. The van der Waals surface area contributed by atoms with Crippen LogP contribution in [0.1, 0.15) is 19.0 Å². The number of ether oxygens (including phenoxy) is 1. The number of carbonyl (C=O) groups is 2. The minimum atomic E-state index is -0.143. The van der Waals surface area contributed by atoms with Crippen LogP contribution in [0.25, 0.3) is 11.3 Å². The summed E-state index contributed by atoms with van der Waals surface area (Å²) in [6, 6.07) is 9.37. The van der Waals surface area contributed by atoms with Crippen LogP contribution in [0.2, 0.25) is 0 Å². The highest BCUT2D eigenvalue weighted by atomic mass is 16.5. The number of aromatic nitrogens is 1. The number of nitrogens with zero attached hydrogens (tertiary/aromatic N) is 1. The number of benzene rings is 1. The smallest absolute Gasteiger partial charge is 0.221 e. The van der Waals surface area contributed by atoms with Gasteiger partial charge in [-0.2, -0.15) is 0 Å². The second kappa shape index (κ2) is 8.71. The Kier molecular flexibility index (Phi) is 6.36. The molecule has 0 fully saturated rings. The van der Waals surface area contributed by atoms with Gasteiger partial charge < -0.3 is 19.9 Å². The second-order valence-electron chi connectivity index (χ2n) is 5.25. The molecule has 1 aromatic heterocycles. The maximum absolute atomic E-state index is 11.6. The molecule has 2 amide bonds. The molecular formula is C17H21N3O4. The lowest BCUT2D eigenvalue weighted by atomic mass is 10.1. The summed E-state index contributed by atoms with van der Waals surface area (Å²) < 4.78 is 10.5. The van der Waals surface area contributed by atoms with E-state index < -0.39 is 0 Å². The maximum atomic E-state index is 11.6. The molecule has 128 valence electrons. The zero-order chi connectivity index (χ0) is 17.4. The molecule has 7 heteroatoms. The van der Waals surface area contributed by atoms with Crippen molar-refractivity contribution in [3.63, 3.8) is 0 Å². The van der Waals surface area contributed by atoms with Gasteiger partial charge in [-0.05, 0) is 12.1 Å². The number of nitrogens with one attached hydrogen (secondary N) is 2. The summed E-state index contributed by atoms with van der Waals surface area (Å²) >= 11 is 0. The van der Waals surface area contributed by atoms with Crippen LogP contribution in [-0.2, 0) is 16.0 Å². The minimum Gasteiger partial charge on any atom is -0.497 e. The first-order chi connectivity index (χ1) is 11.6. The standard InChI is InChI=1S/C17H21N3O4/c1-12(21)18-9-7-17(22)19-8-6-14-11-16(24-20-14)13-4-3-5-15(10-13)23-2/h3-5,10-11H,6-9H2,1-2H3,(H,18,21)(H,19,22). The van der Waals surface area contributed by atoms with Crippen molar-refractivity contribution in [2.45, 2.75) is 19.8 Å². The average Bonchev–Trinajstić information content (AvgIpc) is 3.03. The van der Waals surface area contributed by atoms with Gasteiger partial charge in [-0.3, -0.25) is 9.59 Å². The summed E-state index contributed by atoms with van der Waals surface area (Å²) in [5, 5.41) is 9.36. The molecule has 1 aromatic carbocycles. The van der Waals surface area contributed by atoms with Crippen molar-refractivity contribution in [2.75, 3.05) is 20.2 Å². The third-order valence-electron chi connectivity index (χ3n) is 3.34. The summed E-state index contributed by atoms with van der Waals surface area (Å²) in [4.78, 5) is 22.3. The largest absolute Gasteiger partial charge is 0.497 e. The molecule has 0 radical (unpaired) electrons. The van der Waals surface area contributed by atoms with Crippen LogP contribution in [0.3, 0.4) is 0 Å². The highest BCUT2D eigenvalue weighted by Gasteiger charge is 2.08. The van der Waals surface area contributed by atoms with Crippen molar-refractivity contribution >= 4 is 11.8 Å². The van der Waals surface area contributed by atoms with Crippen molar-refractivity contribution < 1.29 is 18.8 Å². The molecule has 0 saturated heterocycles. The Morgan fingerprint density at radius 2 is 2.04 bits per heavy atom. The highest BCUT2D eigenvalue weighted by molar-refractivity contribution is 5.77. The van der Waals surface area contributed by atoms with Gasteiger partial charge >= 0.3 is 0 Å². The molecule has 2 rings (SSSR count). The molecule has 2 N–H and O–H groups in total. The Labute approximate surface area is 140 Å². The van der Waals surface area contributed by atoms with E-state index >= 15 is 0 Å². The van der Waals surface area contributed by atoms with Crippen LogP contribution in [0.4, 0.5) is 0 Å². The Bertz CT molecular complexity index is 697. The van der Waals surface area contributed by atoms with E-state index in [1.807, 2.05) is 30.3 Å². The monoisotopic (exact) mass is 331 g/mol. The fraction of sp³-hybridized carbons (Fsp3) is 0.353. The van der Waals surface area contributed by atoms with Crippen LogP contribution in [0.15, 0.2) is 34.9 Å². The van der Waals surface area contributed by atoms with Gasteiger partial charge in [-0.1, -0.05) is 17.3 Å². The molecule has 0 aliphatic carbocycles. The van der Waals surface area contributed by atoms with Crippen molar-refractivity contribution in [2.24, 2.45) is 0 Å². The van der Waals surface area contributed by atoms with Crippen LogP contribution in [0, 0.1) is 0 Å². The van der Waals surface area contributed by atoms with Crippen LogP contribution in [-0.4, -0.2) is 37.2 Å². The van der Waals surface area contributed by atoms with Crippen molar-refractivity contribution in [1.82, 2.24) is 15.8 Å². The number of carbonyl (C=O) groups excluding carboxylic acids is 2. The number of methoxy groups -OCH3 is 1. The molecule has 0 aliphatic heterocycles. The number of hydrogen-bond acceptors (Lipinski definition) is 5. The predicted octanol–water partition coefficient (Wildman–Crippen LogP) is 1.54. The molecule has 0 spiro atoms. The Balaban J connectivity index is 1.79. The molecule has 0 aliphatic rings. The lowest BCUT2D eigenvalue weighted by molar-refractivity contribution is -0.121. The zero-order valence-electron chi connectivity index (χ0n) is 13.8. The van der Waals surface area contributed by atoms with Gasteiger partial charge in [0.15, 0.2) is 5.76 Å². The van der Waals surface area contributed by atoms with Gasteiger partial charge in [0.2, 0.25) is 11.8 Å². The minimum absolute atomic E-state index is 0.111. The van der Waals surface area contributed by atoms with E-state index in [0.717, 1.165) is 17.0 Å². The summed E-state index contributed by atoms with van der Waals surface area (Å²) in [5.41, 5.74) is 1.64. The van der Waals surface area contributed by atoms with Gasteiger partial charge in [-0.25, -0.2) is 0 Å². The Morgan fingerprint density at radius 3 is 2.79 bits per heavy atom. The Morgan fingerprint density at radius 1 is 1.21 bits per heavy atom. The average molecular weight is 331 g/mol. The van der Waals surface area contributed by atoms with Crippen molar-refractivity contribution in [1.29, 1.82) is 0 Å². The number of amides is 2. The molecule has 0 unspecified atom stereocenters. The maximum Gasteiger partial charge on any atom is 0.221 e. The highest BCUT2D eigenvalue weighted by Crippen LogP contribution is 2.24. The third kappa shape index (κ3) is 5.42. The first kappa shape index (κ1) is 17.5. The lowest BCUT2D eigenvalue weighted by Crippen LogP contribution is -2.30. The SMILES string of the molecule is COc1cccc(-c2cc(CCNC(=O)CCNC(C)=O)no2)c1. The van der Waals surface area contributed by atoms with Crippen LogP contribution >= 0.6 is 0 Å². The van der Waals surface area contributed by atoms with Gasteiger partial charge in [0.05, 0.1) is 12.8 Å². The topological polar surface area (TPSA) is 93.5 Å². The normalized spacial score (nSPS) is 10.2. The summed E-state index contributed by atoms with van der Waals surface area (Å²) in [7, 11) is 1.61. The zero-order valence-corrected chi connectivity index (χ0v) is 13.8. The summed E-state index contributed by atoms with van der Waals surface area (Å²) in [5.74, 6) is 1.15. The van der Waals surface area contributed by atoms with Gasteiger partial charge in [0.1, 0.15) is 5.75 Å². The first-order valence-corrected chi connectivity index (χ1v) is 7.69. The van der Waals surface area contributed by atoms with Gasteiger partial charge in [0.25, 0.3) is 0 Å². The molecular weight excluding hydrogens is 310 g/mol. The summed E-state index contributed by atoms with van der Waals surface area (Å²) in [6.07, 6.45) is 0.826.